The van der Waals surface area contributed by atoms with E-state index in [9.17, 15) is 0 Å². The molecule has 2 nitrogen and oxygen atoms in total. The number of benzene rings is 1. The number of hydrogen-bond acceptors (Lipinski definition) is 2. The van der Waals surface area contributed by atoms with Crippen LogP contribution < -0.4 is 5.32 Å². The third-order valence-corrected chi connectivity index (χ3v) is 4.07. The van der Waals surface area contributed by atoms with E-state index >= 15 is 0 Å². The van der Waals surface area contributed by atoms with Gasteiger partial charge in [-0.2, -0.15) is 0 Å². The van der Waals surface area contributed by atoms with Gasteiger partial charge in [0, 0.05) is 10.5 Å². The van der Waals surface area contributed by atoms with E-state index in [-0.39, 0.29) is 0 Å². The number of hydrogen-bond donors (Lipinski definition) is 1. The summed E-state index contributed by atoms with van der Waals surface area (Å²) in [5.41, 5.74) is 1.39. The first-order valence-corrected chi connectivity index (χ1v) is 8.21. The maximum atomic E-state index is 3.67. The molecular weight excluding hydrogens is 300 g/mol. The molecular formula is C16H27BrN2. The van der Waals surface area contributed by atoms with E-state index in [0.29, 0.717) is 6.04 Å². The summed E-state index contributed by atoms with van der Waals surface area (Å²) in [5, 5.41) is 3.67. The molecule has 0 saturated heterocycles. The Labute approximate surface area is 126 Å². The lowest BCUT2D eigenvalue weighted by Gasteiger charge is -2.24. The minimum absolute atomic E-state index is 0.466. The first-order chi connectivity index (χ1) is 9.21. The molecule has 1 N–H and O–H groups in total. The highest BCUT2D eigenvalue weighted by Gasteiger charge is 2.11. The van der Waals surface area contributed by atoms with Crippen LogP contribution in [0.3, 0.4) is 0 Å². The second-order valence-corrected chi connectivity index (χ2v) is 5.79. The zero-order chi connectivity index (χ0) is 14.1. The highest BCUT2D eigenvalue weighted by atomic mass is 79.9. The molecule has 0 fully saturated rings. The van der Waals surface area contributed by atoms with E-state index in [0.717, 1.165) is 30.7 Å². The van der Waals surface area contributed by atoms with Crippen molar-refractivity contribution >= 4 is 15.9 Å². The van der Waals surface area contributed by atoms with Crippen molar-refractivity contribution < 1.29 is 0 Å². The van der Waals surface area contributed by atoms with E-state index in [1.165, 1.54) is 18.4 Å². The molecule has 3 heteroatoms. The quantitative estimate of drug-likeness (QED) is 0.730. The van der Waals surface area contributed by atoms with Crippen LogP contribution in [0.1, 0.15) is 45.2 Å². The lowest BCUT2D eigenvalue weighted by Crippen LogP contribution is -2.29. The summed E-state index contributed by atoms with van der Waals surface area (Å²) in [6.45, 7) is 11.2. The lowest BCUT2D eigenvalue weighted by atomic mass is 10.0. The molecule has 0 saturated carbocycles. The molecule has 1 aromatic carbocycles. The Morgan fingerprint density at radius 2 is 1.74 bits per heavy atom. The molecule has 0 radical (unpaired) electrons. The van der Waals surface area contributed by atoms with Gasteiger partial charge in [-0.25, -0.2) is 0 Å². The summed E-state index contributed by atoms with van der Waals surface area (Å²) in [7, 11) is 0. The van der Waals surface area contributed by atoms with E-state index in [1.54, 1.807) is 0 Å². The number of halogens is 1. The van der Waals surface area contributed by atoms with E-state index in [1.807, 2.05) is 0 Å². The average Bonchev–Trinajstić information content (AvgIpc) is 2.44. The van der Waals surface area contributed by atoms with Crippen LogP contribution in [0.4, 0.5) is 0 Å². The van der Waals surface area contributed by atoms with Gasteiger partial charge in [0.05, 0.1) is 0 Å². The van der Waals surface area contributed by atoms with Gasteiger partial charge in [-0.05, 0) is 56.7 Å². The van der Waals surface area contributed by atoms with Crippen molar-refractivity contribution in [1.29, 1.82) is 0 Å². The first-order valence-electron chi connectivity index (χ1n) is 7.42. The molecule has 1 aromatic rings. The van der Waals surface area contributed by atoms with Crippen molar-refractivity contribution in [2.24, 2.45) is 0 Å². The smallest absolute Gasteiger partial charge is 0.0332 e. The minimum atomic E-state index is 0.466. The van der Waals surface area contributed by atoms with E-state index in [4.69, 9.17) is 0 Å². The molecule has 0 bridgehead atoms. The highest BCUT2D eigenvalue weighted by Crippen LogP contribution is 2.20. The average molecular weight is 327 g/mol. The SMILES string of the molecule is CCCNC(CCN(CC)CC)c1ccc(Br)cc1. The van der Waals surface area contributed by atoms with Gasteiger partial charge in [0.25, 0.3) is 0 Å². The van der Waals surface area contributed by atoms with Gasteiger partial charge >= 0.3 is 0 Å². The summed E-state index contributed by atoms with van der Waals surface area (Å²) in [6, 6.07) is 9.17. The van der Waals surface area contributed by atoms with E-state index < -0.39 is 0 Å². The van der Waals surface area contributed by atoms with Gasteiger partial charge in [0.2, 0.25) is 0 Å². The summed E-state index contributed by atoms with van der Waals surface area (Å²) in [4.78, 5) is 2.49. The fourth-order valence-electron chi connectivity index (χ4n) is 2.25. The largest absolute Gasteiger partial charge is 0.310 e. The summed E-state index contributed by atoms with van der Waals surface area (Å²) >= 11 is 3.50. The third kappa shape index (κ3) is 6.07. The van der Waals surface area contributed by atoms with Crippen LogP contribution in [0.15, 0.2) is 28.7 Å². The summed E-state index contributed by atoms with van der Waals surface area (Å²) in [5.74, 6) is 0. The Morgan fingerprint density at radius 1 is 1.11 bits per heavy atom. The number of nitrogens with zero attached hydrogens (tertiary/aromatic N) is 1. The Balaban J connectivity index is 2.63. The van der Waals surface area contributed by atoms with Gasteiger partial charge < -0.3 is 10.2 Å². The van der Waals surface area contributed by atoms with Crippen LogP contribution >= 0.6 is 15.9 Å². The monoisotopic (exact) mass is 326 g/mol. The van der Waals surface area contributed by atoms with Crippen molar-refractivity contribution in [3.05, 3.63) is 34.3 Å². The zero-order valence-corrected chi connectivity index (χ0v) is 14.0. The second-order valence-electron chi connectivity index (χ2n) is 4.87. The molecule has 1 rings (SSSR count). The van der Waals surface area contributed by atoms with Crippen LogP contribution in [0.25, 0.3) is 0 Å². The Bertz CT molecular complexity index is 333. The fourth-order valence-corrected chi connectivity index (χ4v) is 2.52. The maximum Gasteiger partial charge on any atom is 0.0332 e. The van der Waals surface area contributed by atoms with Crippen molar-refractivity contribution in [1.82, 2.24) is 10.2 Å². The van der Waals surface area contributed by atoms with Gasteiger partial charge in [0.15, 0.2) is 0 Å². The van der Waals surface area contributed by atoms with Gasteiger partial charge in [-0.1, -0.05) is 48.8 Å². The molecule has 0 aromatic heterocycles. The first kappa shape index (κ1) is 16.7. The Hall–Kier alpha value is -0.380. The highest BCUT2D eigenvalue weighted by molar-refractivity contribution is 9.10. The molecule has 108 valence electrons. The van der Waals surface area contributed by atoms with Gasteiger partial charge in [-0.15, -0.1) is 0 Å². The Morgan fingerprint density at radius 3 is 2.26 bits per heavy atom. The maximum absolute atomic E-state index is 3.67. The van der Waals surface area contributed by atoms with Crippen LogP contribution in [-0.4, -0.2) is 31.1 Å². The second kappa shape index (κ2) is 9.51. The van der Waals surface area contributed by atoms with Crippen molar-refractivity contribution in [3.63, 3.8) is 0 Å². The normalized spacial score (nSPS) is 12.9. The fraction of sp³-hybridized carbons (Fsp3) is 0.625. The van der Waals surface area contributed by atoms with Gasteiger partial charge in [0.1, 0.15) is 0 Å². The molecule has 0 heterocycles. The predicted octanol–water partition coefficient (Wildman–Crippen LogP) is 4.22. The number of nitrogens with one attached hydrogen (secondary N) is 1. The number of rotatable bonds is 9. The predicted molar refractivity (Wildman–Crippen MR) is 87.6 cm³/mol. The van der Waals surface area contributed by atoms with Crippen LogP contribution in [0, 0.1) is 0 Å². The molecule has 0 amide bonds. The molecule has 0 aliphatic heterocycles. The zero-order valence-electron chi connectivity index (χ0n) is 12.5. The lowest BCUT2D eigenvalue weighted by molar-refractivity contribution is 0.282. The van der Waals surface area contributed by atoms with Gasteiger partial charge in [-0.3, -0.25) is 0 Å². The molecule has 19 heavy (non-hydrogen) atoms. The van der Waals surface area contributed by atoms with Crippen molar-refractivity contribution in [2.75, 3.05) is 26.2 Å². The molecule has 0 spiro atoms. The molecule has 1 unspecified atom stereocenters. The van der Waals surface area contributed by atoms with Crippen LogP contribution in [-0.2, 0) is 0 Å². The molecule has 0 aliphatic carbocycles. The van der Waals surface area contributed by atoms with Crippen LogP contribution in [0.5, 0.6) is 0 Å². The van der Waals surface area contributed by atoms with E-state index in [2.05, 4.69) is 71.2 Å². The molecule has 1 atom stereocenters. The van der Waals surface area contributed by atoms with Crippen molar-refractivity contribution in [2.45, 2.75) is 39.7 Å². The van der Waals surface area contributed by atoms with Crippen molar-refractivity contribution in [3.8, 4) is 0 Å². The summed E-state index contributed by atoms with van der Waals surface area (Å²) in [6.07, 6.45) is 2.35. The third-order valence-electron chi connectivity index (χ3n) is 3.54. The minimum Gasteiger partial charge on any atom is -0.310 e. The Kier molecular flexibility index (Phi) is 8.35. The summed E-state index contributed by atoms with van der Waals surface area (Å²) < 4.78 is 1.15. The topological polar surface area (TPSA) is 15.3 Å². The van der Waals surface area contributed by atoms with Crippen LogP contribution in [0.2, 0.25) is 0 Å². The standard InChI is InChI=1S/C16H27BrN2/c1-4-12-18-16(11-13-19(5-2)6-3)14-7-9-15(17)10-8-14/h7-10,16,18H,4-6,11-13H2,1-3H3. The molecule has 0 aliphatic rings.